The number of sulfonamides is 1. The Morgan fingerprint density at radius 3 is 2.87 bits per heavy atom. The third-order valence-corrected chi connectivity index (χ3v) is 6.82. The average molecular weight is 336 g/mol. The summed E-state index contributed by atoms with van der Waals surface area (Å²) < 4.78 is 28.3. The molecular weight excluding hydrogens is 312 g/mol. The van der Waals surface area contributed by atoms with Gasteiger partial charge in [-0.15, -0.1) is 0 Å². The fourth-order valence-electron chi connectivity index (χ4n) is 3.31. The maximum atomic E-state index is 12.4. The topological polar surface area (TPSA) is 57.9 Å². The number of likely N-dealkylation sites (tertiary alicyclic amines) is 1. The lowest BCUT2D eigenvalue weighted by molar-refractivity contribution is 0.217. The number of hydrogen-bond donors (Lipinski definition) is 0. The summed E-state index contributed by atoms with van der Waals surface area (Å²) in [5, 5.41) is -0.313. The minimum Gasteiger partial charge on any atom is -0.300 e. The number of aromatic nitrogens is 2. The van der Waals surface area contributed by atoms with E-state index >= 15 is 0 Å². The molecule has 3 rings (SSSR count). The predicted octanol–water partition coefficient (Wildman–Crippen LogP) is 1.50. The van der Waals surface area contributed by atoms with Crippen LogP contribution in [0.2, 0.25) is 0 Å². The predicted molar refractivity (Wildman–Crippen MR) is 90.8 cm³/mol. The molecule has 0 amide bonds. The molecule has 1 aliphatic heterocycles. The van der Waals surface area contributed by atoms with Crippen LogP contribution in [0.4, 0.5) is 0 Å². The minimum absolute atomic E-state index is 0.313. The monoisotopic (exact) mass is 336 g/mol. The number of aryl methyl sites for hydroxylation is 1. The normalized spacial score (nSPS) is 20.4. The Balaban J connectivity index is 1.80. The zero-order chi connectivity index (χ0) is 16.6. The van der Waals surface area contributed by atoms with Gasteiger partial charge in [0.05, 0.1) is 17.1 Å². The molecule has 0 N–H and O–H groups in total. The van der Waals surface area contributed by atoms with Crippen LogP contribution in [0.15, 0.2) is 24.4 Å². The van der Waals surface area contributed by atoms with E-state index in [1.54, 1.807) is 14.1 Å². The van der Waals surface area contributed by atoms with Gasteiger partial charge in [0.25, 0.3) is 0 Å². The molecule has 0 aromatic carbocycles. The van der Waals surface area contributed by atoms with Gasteiger partial charge in [-0.25, -0.2) is 17.7 Å². The SMILES string of the molecule is Cc1cccc2ncc(CN3CCCC(S(=O)(=O)N(C)C)C3)n12. The third-order valence-electron chi connectivity index (χ3n) is 4.58. The zero-order valence-corrected chi connectivity index (χ0v) is 14.8. The first-order valence-corrected chi connectivity index (χ1v) is 9.45. The van der Waals surface area contributed by atoms with Crippen molar-refractivity contribution in [2.75, 3.05) is 27.2 Å². The molecule has 2 aromatic rings. The van der Waals surface area contributed by atoms with Crippen LogP contribution in [0, 0.1) is 6.92 Å². The number of rotatable bonds is 4. The smallest absolute Gasteiger partial charge is 0.217 e. The first-order chi connectivity index (χ1) is 10.9. The van der Waals surface area contributed by atoms with Crippen LogP contribution in [0.1, 0.15) is 24.2 Å². The van der Waals surface area contributed by atoms with Crippen LogP contribution in [0.5, 0.6) is 0 Å². The van der Waals surface area contributed by atoms with E-state index in [4.69, 9.17) is 0 Å². The standard InChI is InChI=1S/C16H24N4O2S/c1-13-6-4-8-16-17-10-14(20(13)16)11-19-9-5-7-15(12-19)23(21,22)18(2)3/h4,6,8,10,15H,5,7,9,11-12H2,1-3H3. The van der Waals surface area contributed by atoms with E-state index < -0.39 is 10.0 Å². The van der Waals surface area contributed by atoms with Crippen molar-refractivity contribution in [1.82, 2.24) is 18.6 Å². The lowest BCUT2D eigenvalue weighted by atomic mass is 10.1. The first kappa shape index (κ1) is 16.4. The number of hydrogen-bond acceptors (Lipinski definition) is 4. The number of piperidine rings is 1. The van der Waals surface area contributed by atoms with Gasteiger partial charge in [-0.05, 0) is 38.4 Å². The van der Waals surface area contributed by atoms with Gasteiger partial charge in [0.1, 0.15) is 5.65 Å². The molecule has 1 unspecified atom stereocenters. The number of fused-ring (bicyclic) bond motifs is 1. The molecule has 0 spiro atoms. The fraction of sp³-hybridized carbons (Fsp3) is 0.562. The Morgan fingerprint density at radius 2 is 2.13 bits per heavy atom. The summed E-state index contributed by atoms with van der Waals surface area (Å²) in [5.41, 5.74) is 3.19. The maximum Gasteiger partial charge on any atom is 0.217 e. The van der Waals surface area contributed by atoms with Crippen molar-refractivity contribution >= 4 is 15.7 Å². The second kappa shape index (κ2) is 6.22. The quantitative estimate of drug-likeness (QED) is 0.849. The van der Waals surface area contributed by atoms with Gasteiger partial charge in [-0.2, -0.15) is 0 Å². The lowest BCUT2D eigenvalue weighted by Gasteiger charge is -2.33. The molecule has 0 radical (unpaired) electrons. The number of imidazole rings is 1. The highest BCUT2D eigenvalue weighted by molar-refractivity contribution is 7.89. The van der Waals surface area contributed by atoms with Crippen LogP contribution in [0.3, 0.4) is 0 Å². The third kappa shape index (κ3) is 3.13. The molecule has 1 atom stereocenters. The van der Waals surface area contributed by atoms with Crippen LogP contribution >= 0.6 is 0 Å². The van der Waals surface area contributed by atoms with Gasteiger partial charge in [0, 0.05) is 32.9 Å². The Hall–Kier alpha value is -1.44. The molecule has 1 saturated heterocycles. The number of pyridine rings is 1. The minimum atomic E-state index is -3.19. The fourth-order valence-corrected chi connectivity index (χ4v) is 4.77. The van der Waals surface area contributed by atoms with E-state index in [-0.39, 0.29) is 5.25 Å². The van der Waals surface area contributed by atoms with Gasteiger partial charge in [0.15, 0.2) is 0 Å². The molecule has 1 fully saturated rings. The van der Waals surface area contributed by atoms with Crippen molar-refractivity contribution in [2.45, 2.75) is 31.6 Å². The summed E-state index contributed by atoms with van der Waals surface area (Å²) in [7, 11) is 0.0332. The molecule has 7 heteroatoms. The van der Waals surface area contributed by atoms with E-state index in [1.807, 2.05) is 18.3 Å². The van der Waals surface area contributed by atoms with Gasteiger partial charge in [-0.1, -0.05) is 6.07 Å². The van der Waals surface area contributed by atoms with Gasteiger partial charge in [-0.3, -0.25) is 4.90 Å². The molecule has 0 saturated carbocycles. The molecule has 6 nitrogen and oxygen atoms in total. The maximum absolute atomic E-state index is 12.4. The molecular formula is C16H24N4O2S. The second-order valence-corrected chi connectivity index (χ2v) is 8.86. The summed E-state index contributed by atoms with van der Waals surface area (Å²) >= 11 is 0. The lowest BCUT2D eigenvalue weighted by Crippen LogP contribution is -2.45. The summed E-state index contributed by atoms with van der Waals surface area (Å²) in [5.74, 6) is 0. The Labute approximate surface area is 137 Å². The molecule has 0 bridgehead atoms. The van der Waals surface area contributed by atoms with E-state index in [9.17, 15) is 8.42 Å². The summed E-state index contributed by atoms with van der Waals surface area (Å²) in [4.78, 5) is 6.68. The zero-order valence-electron chi connectivity index (χ0n) is 13.9. The highest BCUT2D eigenvalue weighted by atomic mass is 32.2. The number of nitrogens with zero attached hydrogens (tertiary/aromatic N) is 4. The molecule has 1 aliphatic rings. The summed E-state index contributed by atoms with van der Waals surface area (Å²) in [6.07, 6.45) is 3.54. The van der Waals surface area contributed by atoms with Crippen LogP contribution in [-0.4, -0.2) is 59.4 Å². The van der Waals surface area contributed by atoms with E-state index in [0.717, 1.165) is 43.0 Å². The van der Waals surface area contributed by atoms with Crippen molar-refractivity contribution in [3.05, 3.63) is 35.8 Å². The van der Waals surface area contributed by atoms with E-state index in [1.165, 1.54) is 4.31 Å². The van der Waals surface area contributed by atoms with Gasteiger partial charge >= 0.3 is 0 Å². The highest BCUT2D eigenvalue weighted by Gasteiger charge is 2.32. The van der Waals surface area contributed by atoms with E-state index in [2.05, 4.69) is 27.3 Å². The van der Waals surface area contributed by atoms with Crippen molar-refractivity contribution in [2.24, 2.45) is 0 Å². The van der Waals surface area contributed by atoms with Crippen molar-refractivity contribution in [1.29, 1.82) is 0 Å². The van der Waals surface area contributed by atoms with Crippen molar-refractivity contribution in [3.63, 3.8) is 0 Å². The molecule has 23 heavy (non-hydrogen) atoms. The summed E-state index contributed by atoms with van der Waals surface area (Å²) in [6.45, 7) is 4.30. The van der Waals surface area contributed by atoms with Crippen molar-refractivity contribution in [3.8, 4) is 0 Å². The molecule has 126 valence electrons. The Morgan fingerprint density at radius 1 is 1.35 bits per heavy atom. The summed E-state index contributed by atoms with van der Waals surface area (Å²) in [6, 6.07) is 6.06. The molecule has 0 aliphatic carbocycles. The highest BCUT2D eigenvalue weighted by Crippen LogP contribution is 2.21. The van der Waals surface area contributed by atoms with Crippen LogP contribution in [0.25, 0.3) is 5.65 Å². The second-order valence-electron chi connectivity index (χ2n) is 6.44. The Kier molecular flexibility index (Phi) is 4.44. The van der Waals surface area contributed by atoms with Gasteiger partial charge < -0.3 is 4.40 Å². The average Bonchev–Trinajstić information content (AvgIpc) is 2.92. The largest absolute Gasteiger partial charge is 0.300 e. The van der Waals surface area contributed by atoms with Gasteiger partial charge in [0.2, 0.25) is 10.0 Å². The van der Waals surface area contributed by atoms with Crippen molar-refractivity contribution < 1.29 is 8.42 Å². The first-order valence-electron chi connectivity index (χ1n) is 7.95. The molecule has 3 heterocycles. The van der Waals surface area contributed by atoms with Crippen LogP contribution < -0.4 is 0 Å². The Bertz CT molecular complexity index is 798. The van der Waals surface area contributed by atoms with Crippen LogP contribution in [-0.2, 0) is 16.6 Å². The molecule has 2 aromatic heterocycles. The van der Waals surface area contributed by atoms with E-state index in [0.29, 0.717) is 6.54 Å².